The fourth-order valence-corrected chi connectivity index (χ4v) is 3.03. The quantitative estimate of drug-likeness (QED) is 0.804. The van der Waals surface area contributed by atoms with Gasteiger partial charge in [0.1, 0.15) is 0 Å². The van der Waals surface area contributed by atoms with Gasteiger partial charge in [-0.2, -0.15) is 0 Å². The van der Waals surface area contributed by atoms with Crippen LogP contribution in [0.15, 0.2) is 47.3 Å². The van der Waals surface area contributed by atoms with E-state index in [-0.39, 0.29) is 5.56 Å². The third-order valence-electron chi connectivity index (χ3n) is 4.10. The van der Waals surface area contributed by atoms with E-state index in [1.807, 2.05) is 28.8 Å². The predicted molar refractivity (Wildman–Crippen MR) is 77.6 cm³/mol. The zero-order valence-electron chi connectivity index (χ0n) is 11.3. The van der Waals surface area contributed by atoms with Gasteiger partial charge in [0.05, 0.1) is 6.54 Å². The molecule has 0 spiro atoms. The van der Waals surface area contributed by atoms with Gasteiger partial charge in [-0.3, -0.25) is 4.79 Å². The molecule has 0 aliphatic heterocycles. The average Bonchev–Trinajstić information content (AvgIpc) is 2.43. The summed E-state index contributed by atoms with van der Waals surface area (Å²) >= 11 is 0. The number of fused-ring (bicyclic) bond motifs is 1. The molecule has 0 saturated heterocycles. The molecule has 0 N–H and O–H groups in total. The molecular weight excluding hydrogens is 234 g/mol. The smallest absolute Gasteiger partial charge is 0.251 e. The lowest BCUT2D eigenvalue weighted by Crippen LogP contribution is -2.27. The Morgan fingerprint density at radius 3 is 2.74 bits per heavy atom. The molecule has 2 aromatic rings. The summed E-state index contributed by atoms with van der Waals surface area (Å²) in [5, 5.41) is 0. The number of aromatic nitrogens is 1. The lowest BCUT2D eigenvalue weighted by molar-refractivity contribution is 0.543. The summed E-state index contributed by atoms with van der Waals surface area (Å²) in [6.45, 7) is 2.95. The minimum atomic E-state index is 0.122. The minimum absolute atomic E-state index is 0.122. The third-order valence-corrected chi connectivity index (χ3v) is 4.10. The topological polar surface area (TPSA) is 22.0 Å². The Balaban J connectivity index is 2.06. The minimum Gasteiger partial charge on any atom is -0.308 e. The molecule has 1 unspecified atom stereocenters. The second-order valence-corrected chi connectivity index (χ2v) is 5.44. The molecule has 0 saturated carbocycles. The number of nitrogens with zero attached hydrogens (tertiary/aromatic N) is 1. The van der Waals surface area contributed by atoms with Crippen LogP contribution < -0.4 is 5.56 Å². The van der Waals surface area contributed by atoms with Crippen molar-refractivity contribution in [2.75, 3.05) is 0 Å². The monoisotopic (exact) mass is 253 g/mol. The maximum atomic E-state index is 12.2. The third kappa shape index (κ3) is 2.35. The summed E-state index contributed by atoms with van der Waals surface area (Å²) in [5.41, 5.74) is 3.92. The highest BCUT2D eigenvalue weighted by molar-refractivity contribution is 5.28. The molecule has 0 bridgehead atoms. The first-order valence-electron chi connectivity index (χ1n) is 7.02. The van der Waals surface area contributed by atoms with Crippen LogP contribution in [0, 0.1) is 0 Å². The van der Waals surface area contributed by atoms with Gasteiger partial charge in [0, 0.05) is 11.8 Å². The summed E-state index contributed by atoms with van der Waals surface area (Å²) < 4.78 is 1.96. The van der Waals surface area contributed by atoms with Crippen LogP contribution in [0.2, 0.25) is 0 Å². The normalized spacial score (nSPS) is 18.1. The molecule has 1 aromatic carbocycles. The molecule has 1 heterocycles. The van der Waals surface area contributed by atoms with Crippen molar-refractivity contribution >= 4 is 0 Å². The van der Waals surface area contributed by atoms with Gasteiger partial charge in [-0.1, -0.05) is 43.3 Å². The van der Waals surface area contributed by atoms with E-state index >= 15 is 0 Å². The van der Waals surface area contributed by atoms with Crippen LogP contribution in [0.25, 0.3) is 0 Å². The first-order valence-corrected chi connectivity index (χ1v) is 7.02. The van der Waals surface area contributed by atoms with Gasteiger partial charge >= 0.3 is 0 Å². The van der Waals surface area contributed by atoms with Crippen molar-refractivity contribution in [3.8, 4) is 0 Å². The molecule has 0 amide bonds. The van der Waals surface area contributed by atoms with Crippen molar-refractivity contribution in [3.63, 3.8) is 0 Å². The van der Waals surface area contributed by atoms with E-state index in [0.717, 1.165) is 6.42 Å². The molecule has 1 aliphatic rings. The van der Waals surface area contributed by atoms with Crippen LogP contribution in [0.4, 0.5) is 0 Å². The van der Waals surface area contributed by atoms with E-state index in [9.17, 15) is 4.79 Å². The molecule has 0 radical (unpaired) electrons. The lowest BCUT2D eigenvalue weighted by atomic mass is 9.87. The average molecular weight is 253 g/mol. The molecule has 2 nitrogen and oxygen atoms in total. The van der Waals surface area contributed by atoms with Crippen LogP contribution in [-0.4, -0.2) is 4.57 Å². The van der Waals surface area contributed by atoms with Crippen molar-refractivity contribution in [2.45, 2.75) is 38.6 Å². The van der Waals surface area contributed by atoms with Crippen LogP contribution >= 0.6 is 0 Å². The van der Waals surface area contributed by atoms with Crippen molar-refractivity contribution in [1.82, 2.24) is 4.57 Å². The van der Waals surface area contributed by atoms with Gasteiger partial charge in [-0.25, -0.2) is 0 Å². The summed E-state index contributed by atoms with van der Waals surface area (Å²) in [6, 6.07) is 14.0. The predicted octanol–water partition coefficient (Wildman–Crippen LogP) is 3.34. The highest BCUT2D eigenvalue weighted by Crippen LogP contribution is 2.30. The molecule has 2 heteroatoms. The van der Waals surface area contributed by atoms with Gasteiger partial charge in [0.25, 0.3) is 5.56 Å². The van der Waals surface area contributed by atoms with Crippen molar-refractivity contribution < 1.29 is 0 Å². The molecule has 1 aromatic heterocycles. The van der Waals surface area contributed by atoms with Gasteiger partial charge in [-0.05, 0) is 36.3 Å². The van der Waals surface area contributed by atoms with E-state index in [2.05, 4.69) is 19.1 Å². The van der Waals surface area contributed by atoms with Crippen LogP contribution in [0.5, 0.6) is 0 Å². The molecule has 0 fully saturated rings. The number of rotatable bonds is 2. The largest absolute Gasteiger partial charge is 0.308 e. The lowest BCUT2D eigenvalue weighted by Gasteiger charge is -2.25. The zero-order chi connectivity index (χ0) is 13.2. The Labute approximate surface area is 113 Å². The van der Waals surface area contributed by atoms with Gasteiger partial charge < -0.3 is 4.57 Å². The Morgan fingerprint density at radius 1 is 1.16 bits per heavy atom. The number of hydrogen-bond acceptors (Lipinski definition) is 1. The van der Waals surface area contributed by atoms with Crippen LogP contribution in [-0.2, 0) is 13.0 Å². The second kappa shape index (κ2) is 5.04. The van der Waals surface area contributed by atoms with E-state index in [1.54, 1.807) is 6.07 Å². The SMILES string of the molecule is CC1CCCc2c1ccc(=O)n2Cc1ccccc1. The maximum absolute atomic E-state index is 12.2. The molecule has 98 valence electrons. The summed E-state index contributed by atoms with van der Waals surface area (Å²) in [6.07, 6.45) is 3.45. The van der Waals surface area contributed by atoms with Gasteiger partial charge in [0.15, 0.2) is 0 Å². The fourth-order valence-electron chi connectivity index (χ4n) is 3.03. The van der Waals surface area contributed by atoms with Crippen LogP contribution in [0.1, 0.15) is 42.5 Å². The number of benzene rings is 1. The Bertz CT molecular complexity index is 627. The summed E-state index contributed by atoms with van der Waals surface area (Å²) in [5.74, 6) is 0.575. The van der Waals surface area contributed by atoms with E-state index in [0.29, 0.717) is 12.5 Å². The standard InChI is InChI=1S/C17H19NO/c1-13-6-5-9-16-15(13)10-11-17(19)18(16)12-14-7-3-2-4-8-14/h2-4,7-8,10-11,13H,5-6,9,12H2,1H3. The van der Waals surface area contributed by atoms with Gasteiger partial charge in [-0.15, -0.1) is 0 Å². The highest BCUT2D eigenvalue weighted by Gasteiger charge is 2.19. The van der Waals surface area contributed by atoms with E-state index < -0.39 is 0 Å². The molecule has 1 aliphatic carbocycles. The van der Waals surface area contributed by atoms with Crippen molar-refractivity contribution in [1.29, 1.82) is 0 Å². The second-order valence-electron chi connectivity index (χ2n) is 5.44. The Morgan fingerprint density at radius 2 is 1.95 bits per heavy atom. The first kappa shape index (κ1) is 12.2. The molecule has 1 atom stereocenters. The van der Waals surface area contributed by atoms with Crippen LogP contribution in [0.3, 0.4) is 0 Å². The number of hydrogen-bond donors (Lipinski definition) is 0. The van der Waals surface area contributed by atoms with E-state index in [4.69, 9.17) is 0 Å². The first-order chi connectivity index (χ1) is 9.25. The van der Waals surface area contributed by atoms with E-state index in [1.165, 1.54) is 29.7 Å². The highest BCUT2D eigenvalue weighted by atomic mass is 16.1. The molecule has 19 heavy (non-hydrogen) atoms. The van der Waals surface area contributed by atoms with Gasteiger partial charge in [0.2, 0.25) is 0 Å². The zero-order valence-corrected chi connectivity index (χ0v) is 11.3. The fraction of sp³-hybridized carbons (Fsp3) is 0.353. The molecular formula is C17H19NO. The Kier molecular flexibility index (Phi) is 3.24. The summed E-state index contributed by atoms with van der Waals surface area (Å²) in [7, 11) is 0. The van der Waals surface area contributed by atoms with Crippen molar-refractivity contribution in [2.24, 2.45) is 0 Å². The molecule has 3 rings (SSSR count). The Hall–Kier alpha value is -1.83. The maximum Gasteiger partial charge on any atom is 0.251 e. The summed E-state index contributed by atoms with van der Waals surface area (Å²) in [4.78, 5) is 12.2. The number of pyridine rings is 1. The van der Waals surface area contributed by atoms with Crippen molar-refractivity contribution in [3.05, 3.63) is 69.6 Å².